The van der Waals surface area contributed by atoms with Gasteiger partial charge in [-0.2, -0.15) is 0 Å². The molecule has 3 rings (SSSR count). The van der Waals surface area contributed by atoms with Crippen LogP contribution in [0.15, 0.2) is 48.0 Å². The van der Waals surface area contributed by atoms with Gasteiger partial charge in [-0.1, -0.05) is 23.7 Å². The lowest BCUT2D eigenvalue weighted by Crippen LogP contribution is -2.33. The first-order chi connectivity index (χ1) is 14.7. The van der Waals surface area contributed by atoms with Crippen LogP contribution in [0.2, 0.25) is 5.02 Å². The smallest absolute Gasteiger partial charge is 0.295 e. The molecule has 1 heterocycles. The molecule has 1 N–H and O–H groups in total. The van der Waals surface area contributed by atoms with Gasteiger partial charge in [-0.25, -0.2) is 4.39 Å². The number of aliphatic hydroxyl groups is 1. The number of Topliss-reactive ketones (excluding diaryl/α,β-unsaturated/α-hetero) is 1. The summed E-state index contributed by atoms with van der Waals surface area (Å²) in [4.78, 5) is 27.1. The van der Waals surface area contributed by atoms with E-state index in [4.69, 9.17) is 21.1 Å². The summed E-state index contributed by atoms with van der Waals surface area (Å²) in [5, 5.41) is 11.2. The maximum Gasteiger partial charge on any atom is 0.295 e. The summed E-state index contributed by atoms with van der Waals surface area (Å²) in [7, 11) is 1.46. The van der Waals surface area contributed by atoms with Gasteiger partial charge in [-0.15, -0.1) is 0 Å². The quantitative estimate of drug-likeness (QED) is 0.388. The van der Waals surface area contributed by atoms with Crippen molar-refractivity contribution in [2.75, 3.05) is 20.3 Å². The van der Waals surface area contributed by atoms with Gasteiger partial charge >= 0.3 is 0 Å². The fraction of sp³-hybridized carbons (Fsp3) is 0.304. The van der Waals surface area contributed by atoms with Crippen LogP contribution in [0.1, 0.15) is 31.0 Å². The van der Waals surface area contributed by atoms with Crippen LogP contribution in [0.4, 0.5) is 4.39 Å². The summed E-state index contributed by atoms with van der Waals surface area (Å²) in [6.07, 6.45) is -0.0586. The fourth-order valence-electron chi connectivity index (χ4n) is 3.45. The van der Waals surface area contributed by atoms with Gasteiger partial charge in [0.2, 0.25) is 0 Å². The molecule has 0 radical (unpaired) electrons. The maximum atomic E-state index is 13.5. The highest BCUT2D eigenvalue weighted by atomic mass is 35.5. The predicted octanol–water partition coefficient (Wildman–Crippen LogP) is 4.33. The van der Waals surface area contributed by atoms with Gasteiger partial charge in [0.25, 0.3) is 11.7 Å². The monoisotopic (exact) mass is 447 g/mol. The van der Waals surface area contributed by atoms with Crippen molar-refractivity contribution in [3.63, 3.8) is 0 Å². The first kappa shape index (κ1) is 22.8. The van der Waals surface area contributed by atoms with Crippen molar-refractivity contribution in [3.05, 3.63) is 70.0 Å². The SMILES string of the molecule is COc1ccc(Cl)c(/C(O)=C2\C(=O)C(=O)N(CCOC(C)C)C2c2ccc(F)cc2)c1. The second-order valence-corrected chi connectivity index (χ2v) is 7.72. The minimum absolute atomic E-state index is 0.0586. The van der Waals surface area contributed by atoms with Crippen LogP contribution in [0.25, 0.3) is 5.76 Å². The summed E-state index contributed by atoms with van der Waals surface area (Å²) in [6.45, 7) is 4.03. The van der Waals surface area contributed by atoms with Crippen LogP contribution in [0, 0.1) is 5.82 Å². The lowest BCUT2D eigenvalue weighted by atomic mass is 9.95. The van der Waals surface area contributed by atoms with E-state index in [2.05, 4.69) is 0 Å². The Kier molecular flexibility index (Phi) is 6.97. The molecule has 1 fully saturated rings. The van der Waals surface area contributed by atoms with Crippen LogP contribution in [-0.4, -0.2) is 48.1 Å². The van der Waals surface area contributed by atoms with Gasteiger partial charge in [-0.05, 0) is 49.7 Å². The Labute approximate surface area is 184 Å². The molecule has 0 saturated carbocycles. The van der Waals surface area contributed by atoms with Gasteiger partial charge < -0.3 is 19.5 Å². The topological polar surface area (TPSA) is 76.1 Å². The van der Waals surface area contributed by atoms with Crippen molar-refractivity contribution < 1.29 is 28.6 Å². The molecule has 0 aromatic heterocycles. The van der Waals surface area contributed by atoms with Crippen LogP contribution in [-0.2, 0) is 14.3 Å². The van der Waals surface area contributed by atoms with Crippen LogP contribution >= 0.6 is 11.6 Å². The standard InChI is InChI=1S/C23H23ClFNO5/c1-13(2)31-11-10-26-20(14-4-6-15(25)7-5-14)19(22(28)23(26)29)21(27)17-12-16(30-3)8-9-18(17)24/h4-9,12-13,20,27H,10-11H2,1-3H3/b21-19+. The van der Waals surface area contributed by atoms with Crippen molar-refractivity contribution in [3.8, 4) is 5.75 Å². The van der Waals surface area contributed by atoms with Crippen molar-refractivity contribution in [1.82, 2.24) is 4.90 Å². The highest BCUT2D eigenvalue weighted by molar-refractivity contribution is 6.47. The van der Waals surface area contributed by atoms with E-state index in [9.17, 15) is 19.1 Å². The summed E-state index contributed by atoms with van der Waals surface area (Å²) in [6, 6.07) is 9.11. The molecule has 1 saturated heterocycles. The number of halogens is 2. The molecule has 0 aliphatic carbocycles. The number of hydrogen-bond donors (Lipinski definition) is 1. The lowest BCUT2D eigenvalue weighted by Gasteiger charge is -2.25. The summed E-state index contributed by atoms with van der Waals surface area (Å²) in [5.74, 6) is -2.09. The molecule has 0 bridgehead atoms. The number of likely N-dealkylation sites (tertiary alicyclic amines) is 1. The Morgan fingerprint density at radius 3 is 2.48 bits per heavy atom. The molecule has 1 atom stereocenters. The fourth-order valence-corrected chi connectivity index (χ4v) is 3.65. The molecule has 1 unspecified atom stereocenters. The number of methoxy groups -OCH3 is 1. The molecule has 164 valence electrons. The summed E-state index contributed by atoms with van der Waals surface area (Å²) >= 11 is 6.25. The summed E-state index contributed by atoms with van der Waals surface area (Å²) in [5.41, 5.74) is 0.506. The molecule has 2 aromatic carbocycles. The number of amides is 1. The number of aliphatic hydroxyl groups excluding tert-OH is 1. The second kappa shape index (κ2) is 9.49. The van der Waals surface area contributed by atoms with E-state index in [1.54, 1.807) is 6.07 Å². The number of ketones is 1. The van der Waals surface area contributed by atoms with Gasteiger partial charge in [0.15, 0.2) is 0 Å². The zero-order chi connectivity index (χ0) is 22.7. The Balaban J connectivity index is 2.14. The third-order valence-electron chi connectivity index (χ3n) is 4.94. The number of hydrogen-bond acceptors (Lipinski definition) is 5. The number of rotatable bonds is 7. The zero-order valence-electron chi connectivity index (χ0n) is 17.4. The average Bonchev–Trinajstić information content (AvgIpc) is 2.99. The Morgan fingerprint density at radius 2 is 1.87 bits per heavy atom. The molecule has 2 aromatic rings. The summed E-state index contributed by atoms with van der Waals surface area (Å²) < 4.78 is 24.2. The van der Waals surface area contributed by atoms with E-state index in [0.717, 1.165) is 0 Å². The Hall–Kier alpha value is -2.90. The van der Waals surface area contributed by atoms with Crippen LogP contribution in [0.5, 0.6) is 5.75 Å². The number of ether oxygens (including phenoxy) is 2. The first-order valence-corrected chi connectivity index (χ1v) is 10.1. The Bertz CT molecular complexity index is 1020. The van der Waals surface area contributed by atoms with Crippen LogP contribution < -0.4 is 4.74 Å². The molecule has 6 nitrogen and oxygen atoms in total. The van der Waals surface area contributed by atoms with E-state index in [1.807, 2.05) is 13.8 Å². The molecule has 1 aliphatic rings. The second-order valence-electron chi connectivity index (χ2n) is 7.31. The van der Waals surface area contributed by atoms with Gasteiger partial charge in [-0.3, -0.25) is 9.59 Å². The highest BCUT2D eigenvalue weighted by Crippen LogP contribution is 2.41. The van der Waals surface area contributed by atoms with Gasteiger partial charge in [0, 0.05) is 12.1 Å². The molecule has 8 heteroatoms. The molecule has 1 aliphatic heterocycles. The van der Waals surface area contributed by atoms with E-state index in [1.165, 1.54) is 48.4 Å². The Morgan fingerprint density at radius 1 is 1.19 bits per heavy atom. The molecular weight excluding hydrogens is 425 g/mol. The number of nitrogens with zero attached hydrogens (tertiary/aromatic N) is 1. The molecular formula is C23H23ClFNO5. The van der Waals surface area contributed by atoms with E-state index in [-0.39, 0.29) is 35.4 Å². The maximum absolute atomic E-state index is 13.5. The third kappa shape index (κ3) is 4.73. The number of benzene rings is 2. The van der Waals surface area contributed by atoms with Crippen molar-refractivity contribution >= 4 is 29.1 Å². The third-order valence-corrected chi connectivity index (χ3v) is 5.27. The average molecular weight is 448 g/mol. The minimum Gasteiger partial charge on any atom is -0.507 e. The van der Waals surface area contributed by atoms with Crippen molar-refractivity contribution in [1.29, 1.82) is 0 Å². The van der Waals surface area contributed by atoms with Gasteiger partial charge in [0.1, 0.15) is 17.3 Å². The first-order valence-electron chi connectivity index (χ1n) is 9.74. The molecule has 0 spiro atoms. The van der Waals surface area contributed by atoms with Gasteiger partial charge in [0.05, 0.1) is 36.5 Å². The molecule has 31 heavy (non-hydrogen) atoms. The predicted molar refractivity (Wildman–Crippen MR) is 115 cm³/mol. The van der Waals surface area contributed by atoms with E-state index < -0.39 is 29.3 Å². The van der Waals surface area contributed by atoms with E-state index in [0.29, 0.717) is 11.3 Å². The largest absolute Gasteiger partial charge is 0.507 e. The van der Waals surface area contributed by atoms with E-state index >= 15 is 0 Å². The minimum atomic E-state index is -0.918. The number of carbonyl (C=O) groups is 2. The van der Waals surface area contributed by atoms with Crippen molar-refractivity contribution in [2.45, 2.75) is 26.0 Å². The highest BCUT2D eigenvalue weighted by Gasteiger charge is 2.46. The normalized spacial score (nSPS) is 18.1. The lowest BCUT2D eigenvalue weighted by molar-refractivity contribution is -0.140. The zero-order valence-corrected chi connectivity index (χ0v) is 18.1. The van der Waals surface area contributed by atoms with Crippen LogP contribution in [0.3, 0.4) is 0 Å². The molecule has 1 amide bonds. The van der Waals surface area contributed by atoms with Crippen molar-refractivity contribution in [2.24, 2.45) is 0 Å². The number of carbonyl (C=O) groups excluding carboxylic acids is 2.